The molecule has 0 bridgehead atoms. The normalized spacial score (nSPS) is 27.1. The van der Waals surface area contributed by atoms with Gasteiger partial charge in [-0.25, -0.2) is 0 Å². The van der Waals surface area contributed by atoms with Crippen LogP contribution >= 0.6 is 0 Å². The number of nitrogens with zero attached hydrogens (tertiary/aromatic N) is 4. The molecule has 0 unspecified atom stereocenters. The Labute approximate surface area is 159 Å². The van der Waals surface area contributed by atoms with Crippen LogP contribution in [0.3, 0.4) is 0 Å². The van der Waals surface area contributed by atoms with Crippen LogP contribution in [0.25, 0.3) is 0 Å². The van der Waals surface area contributed by atoms with Gasteiger partial charge in [0.05, 0.1) is 12.5 Å². The molecule has 0 fully saturated rings. The van der Waals surface area contributed by atoms with Crippen molar-refractivity contribution in [1.82, 2.24) is 14.4 Å². The van der Waals surface area contributed by atoms with E-state index in [1.807, 2.05) is 48.1 Å². The molecule has 142 valence electrons. The van der Waals surface area contributed by atoms with E-state index in [0.717, 1.165) is 25.0 Å². The molecule has 3 aliphatic rings. The van der Waals surface area contributed by atoms with Gasteiger partial charge in [-0.1, -0.05) is 13.3 Å². The average molecular weight is 366 g/mol. The van der Waals surface area contributed by atoms with Crippen molar-refractivity contribution >= 4 is 17.6 Å². The predicted octanol–water partition coefficient (Wildman–Crippen LogP) is 3.03. The van der Waals surface area contributed by atoms with Gasteiger partial charge in [-0.05, 0) is 50.1 Å². The van der Waals surface area contributed by atoms with Crippen molar-refractivity contribution in [2.45, 2.75) is 58.2 Å². The summed E-state index contributed by atoms with van der Waals surface area (Å²) in [5, 5.41) is 0. The molecule has 27 heavy (non-hydrogen) atoms. The van der Waals surface area contributed by atoms with Gasteiger partial charge in [0, 0.05) is 31.2 Å². The van der Waals surface area contributed by atoms with Crippen LogP contribution in [0.15, 0.2) is 47.2 Å². The smallest absolute Gasteiger partial charge is 0.250 e. The van der Waals surface area contributed by atoms with Gasteiger partial charge in [-0.15, -0.1) is 0 Å². The van der Waals surface area contributed by atoms with Crippen LogP contribution in [0, 0.1) is 0 Å². The third-order valence-corrected chi connectivity index (χ3v) is 5.80. The highest BCUT2D eigenvalue weighted by atomic mass is 16.2. The zero-order valence-electron chi connectivity index (χ0n) is 16.2. The van der Waals surface area contributed by atoms with Gasteiger partial charge in [0.15, 0.2) is 0 Å². The molecule has 0 radical (unpaired) electrons. The van der Waals surface area contributed by atoms with Crippen molar-refractivity contribution in [3.8, 4) is 0 Å². The third-order valence-electron chi connectivity index (χ3n) is 5.80. The monoisotopic (exact) mass is 366 g/mol. The second-order valence-corrected chi connectivity index (χ2v) is 7.82. The molecule has 0 saturated heterocycles. The van der Waals surface area contributed by atoms with Crippen LogP contribution in [0.4, 0.5) is 0 Å². The van der Waals surface area contributed by atoms with Crippen LogP contribution in [0.5, 0.6) is 0 Å². The highest BCUT2D eigenvalue weighted by molar-refractivity contribution is 6.10. The van der Waals surface area contributed by atoms with E-state index in [0.29, 0.717) is 12.4 Å². The van der Waals surface area contributed by atoms with Crippen LogP contribution in [-0.2, 0) is 16.1 Å². The molecule has 6 nitrogen and oxygen atoms in total. The van der Waals surface area contributed by atoms with E-state index in [1.165, 1.54) is 5.69 Å². The Balaban J connectivity index is 1.70. The lowest BCUT2D eigenvalue weighted by molar-refractivity contribution is -0.147. The largest absolute Gasteiger partial charge is 0.348 e. The number of hydrogen-bond donors (Lipinski definition) is 0. The lowest BCUT2D eigenvalue weighted by atomic mass is 9.88. The summed E-state index contributed by atoms with van der Waals surface area (Å²) in [4.78, 5) is 34.2. The standard InChI is InChI=1S/C21H26N4O2/c1-4-6-17-16-7-5-9-23(16)11-12-24(17)20(27)21(3)14-19(26)22-18-13-15(2)8-10-25(18)21/h5,7-10,13,17H,4,6,11-12,14H2,1-3H3/t17-,21-/m1/s1. The molecule has 4 heterocycles. The van der Waals surface area contributed by atoms with E-state index in [9.17, 15) is 9.59 Å². The Morgan fingerprint density at radius 2 is 2.19 bits per heavy atom. The molecule has 0 saturated carbocycles. The van der Waals surface area contributed by atoms with E-state index >= 15 is 0 Å². The summed E-state index contributed by atoms with van der Waals surface area (Å²) in [6.07, 6.45) is 9.81. The van der Waals surface area contributed by atoms with Crippen molar-refractivity contribution in [2.75, 3.05) is 6.54 Å². The van der Waals surface area contributed by atoms with E-state index in [-0.39, 0.29) is 24.3 Å². The molecular formula is C21H26N4O2. The summed E-state index contributed by atoms with van der Waals surface area (Å²) in [7, 11) is 0. The summed E-state index contributed by atoms with van der Waals surface area (Å²) in [5.74, 6) is 0.338. The van der Waals surface area contributed by atoms with Crippen molar-refractivity contribution < 1.29 is 9.59 Å². The Bertz CT molecular complexity index is 878. The summed E-state index contributed by atoms with van der Waals surface area (Å²) in [6, 6.07) is 4.20. The minimum Gasteiger partial charge on any atom is -0.348 e. The Kier molecular flexibility index (Phi) is 4.29. The minimum atomic E-state index is -0.942. The summed E-state index contributed by atoms with van der Waals surface area (Å²) in [5.41, 5.74) is 1.26. The molecule has 1 aromatic heterocycles. The molecule has 2 atom stereocenters. The molecule has 2 amide bonds. The van der Waals surface area contributed by atoms with Crippen LogP contribution in [0.1, 0.15) is 51.8 Å². The molecule has 0 aliphatic carbocycles. The maximum atomic E-state index is 13.8. The minimum absolute atomic E-state index is 0.00625. The van der Waals surface area contributed by atoms with Crippen LogP contribution < -0.4 is 0 Å². The third kappa shape index (κ3) is 2.83. The number of amides is 2. The van der Waals surface area contributed by atoms with Crippen molar-refractivity contribution in [3.63, 3.8) is 0 Å². The molecule has 4 rings (SSSR count). The van der Waals surface area contributed by atoms with Gasteiger partial charge in [-0.3, -0.25) is 9.59 Å². The molecule has 1 aromatic rings. The van der Waals surface area contributed by atoms with Gasteiger partial charge in [-0.2, -0.15) is 4.99 Å². The Morgan fingerprint density at radius 3 is 2.96 bits per heavy atom. The number of aromatic nitrogens is 1. The summed E-state index contributed by atoms with van der Waals surface area (Å²) >= 11 is 0. The number of carbonyl (C=O) groups excluding carboxylic acids is 2. The Hall–Kier alpha value is -2.63. The fourth-order valence-corrected chi connectivity index (χ4v) is 4.41. The molecule has 0 spiro atoms. The van der Waals surface area contributed by atoms with Gasteiger partial charge >= 0.3 is 0 Å². The lowest BCUT2D eigenvalue weighted by Gasteiger charge is -2.47. The topological polar surface area (TPSA) is 57.9 Å². The highest BCUT2D eigenvalue weighted by Gasteiger charge is 2.49. The zero-order valence-corrected chi connectivity index (χ0v) is 16.2. The number of amidine groups is 1. The van der Waals surface area contributed by atoms with Gasteiger partial charge in [0.2, 0.25) is 5.91 Å². The SMILES string of the molecule is CCC[C@@H]1c2cccn2CCN1C(=O)[C@@]1(C)CC(=O)N=C2C=C(C)C=CN21. The maximum Gasteiger partial charge on any atom is 0.250 e. The second kappa shape index (κ2) is 6.51. The van der Waals surface area contributed by atoms with E-state index < -0.39 is 5.54 Å². The van der Waals surface area contributed by atoms with Crippen molar-refractivity contribution in [1.29, 1.82) is 0 Å². The van der Waals surface area contributed by atoms with E-state index in [2.05, 4.69) is 28.7 Å². The number of aliphatic imine (C=N–C) groups is 1. The summed E-state index contributed by atoms with van der Waals surface area (Å²) in [6.45, 7) is 7.42. The molecule has 0 aromatic carbocycles. The van der Waals surface area contributed by atoms with Gasteiger partial charge in [0.25, 0.3) is 5.91 Å². The van der Waals surface area contributed by atoms with Crippen LogP contribution in [-0.4, -0.2) is 44.1 Å². The number of allylic oxidation sites excluding steroid dienone is 2. The van der Waals surface area contributed by atoms with E-state index in [1.54, 1.807) is 0 Å². The molecule has 6 heteroatoms. The lowest BCUT2D eigenvalue weighted by Crippen LogP contribution is -2.62. The molecule has 3 aliphatic heterocycles. The predicted molar refractivity (Wildman–Crippen MR) is 104 cm³/mol. The van der Waals surface area contributed by atoms with E-state index in [4.69, 9.17) is 0 Å². The first kappa shape index (κ1) is 17.8. The number of hydrogen-bond acceptors (Lipinski definition) is 3. The van der Waals surface area contributed by atoms with Crippen molar-refractivity contribution in [3.05, 3.63) is 47.9 Å². The highest BCUT2D eigenvalue weighted by Crippen LogP contribution is 2.36. The van der Waals surface area contributed by atoms with Crippen LogP contribution in [0.2, 0.25) is 0 Å². The van der Waals surface area contributed by atoms with Gasteiger partial charge in [0.1, 0.15) is 11.4 Å². The number of carbonyl (C=O) groups is 2. The molecular weight excluding hydrogens is 340 g/mol. The number of rotatable bonds is 3. The average Bonchev–Trinajstić information content (AvgIpc) is 3.10. The first-order valence-electron chi connectivity index (χ1n) is 9.67. The molecule has 0 N–H and O–H groups in total. The Morgan fingerprint density at radius 1 is 1.37 bits per heavy atom. The summed E-state index contributed by atoms with van der Waals surface area (Å²) < 4.78 is 2.23. The first-order chi connectivity index (χ1) is 12.9. The second-order valence-electron chi connectivity index (χ2n) is 7.82. The number of fused-ring (bicyclic) bond motifs is 2. The zero-order chi connectivity index (χ0) is 19.2. The quantitative estimate of drug-likeness (QED) is 0.826. The fourth-order valence-electron chi connectivity index (χ4n) is 4.41. The van der Waals surface area contributed by atoms with Gasteiger partial charge < -0.3 is 14.4 Å². The first-order valence-corrected chi connectivity index (χ1v) is 9.67. The fraction of sp³-hybridized carbons (Fsp3) is 0.476. The maximum absolute atomic E-state index is 13.8. The van der Waals surface area contributed by atoms with Crippen molar-refractivity contribution in [2.24, 2.45) is 4.99 Å².